The van der Waals surface area contributed by atoms with Gasteiger partial charge in [-0.1, -0.05) is 0 Å². The molecule has 0 spiro atoms. The fourth-order valence-electron chi connectivity index (χ4n) is 0. The Kier molecular flexibility index (Phi) is 4.31. The van der Waals surface area contributed by atoms with Crippen LogP contribution in [0.3, 0.4) is 0 Å². The second kappa shape index (κ2) is 2.66. The average Bonchev–Trinajstić information content (AvgIpc) is 0.722. The number of rotatable bonds is 0. The summed E-state index contributed by atoms with van der Waals surface area (Å²) in [6.45, 7) is 0. The minimum Gasteiger partial charge on any atom is -0.418 e. The molecule has 6 heteroatoms. The Morgan fingerprint density at radius 2 is 1.00 bits per heavy atom. The van der Waals surface area contributed by atoms with E-state index in [4.69, 9.17) is 0 Å². The Morgan fingerprint density at radius 1 is 1.00 bits per heavy atom. The van der Waals surface area contributed by atoms with Crippen molar-refractivity contribution >= 4 is 7.25 Å². The first kappa shape index (κ1) is 9.73. The summed E-state index contributed by atoms with van der Waals surface area (Å²) in [4.78, 5) is 0. The molecular formula is HAgBF4. The second-order valence-corrected chi connectivity index (χ2v) is 0.495. The molecule has 0 saturated carbocycles. The van der Waals surface area contributed by atoms with E-state index in [1.54, 1.807) is 0 Å². The minimum atomic E-state index is -6.00. The van der Waals surface area contributed by atoms with Gasteiger partial charge >= 0.3 is 8.68 Å². The first-order valence-electron chi connectivity index (χ1n) is 0.873. The maximum Gasteiger partial charge on any atom is 1.00 e. The van der Waals surface area contributed by atoms with Crippen LogP contribution in [0.2, 0.25) is 0 Å². The predicted molar refractivity (Wildman–Crippen MR) is 11.3 cm³/mol. The van der Waals surface area contributed by atoms with E-state index in [0.29, 0.717) is 0 Å². The molecule has 0 rings (SSSR count). The maximum absolute atomic E-state index is 9.75. The number of hydrogen-bond donors (Lipinski definition) is 0. The molecule has 0 heterocycles. The molecule has 0 N–H and O–H groups in total. The summed E-state index contributed by atoms with van der Waals surface area (Å²) in [6, 6.07) is 0. The number of hydrogen-bond acceptors (Lipinski definition) is 0. The fraction of sp³-hybridized carbons (Fsp3) is 0. The van der Waals surface area contributed by atoms with Gasteiger partial charge < -0.3 is 17.3 Å². The molecule has 43 valence electrons. The fourth-order valence-corrected chi connectivity index (χ4v) is 0. The summed E-state index contributed by atoms with van der Waals surface area (Å²) in [5.41, 5.74) is 0. The summed E-state index contributed by atoms with van der Waals surface area (Å²) in [6.07, 6.45) is 0. The van der Waals surface area contributed by atoms with Crippen LogP contribution in [0.15, 0.2) is 0 Å². The van der Waals surface area contributed by atoms with Crippen LogP contribution >= 0.6 is 0 Å². The van der Waals surface area contributed by atoms with E-state index in [-0.39, 0.29) is 23.8 Å². The maximum atomic E-state index is 9.75. The van der Waals surface area contributed by atoms with Gasteiger partial charge in [0.25, 0.3) is 0 Å². The minimum absolute atomic E-state index is 0. The first-order chi connectivity index (χ1) is 2.00. The van der Waals surface area contributed by atoms with Crippen LogP contribution in [0.25, 0.3) is 0 Å². The van der Waals surface area contributed by atoms with Crippen molar-refractivity contribution in [2.45, 2.75) is 0 Å². The Balaban J connectivity index is -0.0000000800. The van der Waals surface area contributed by atoms with E-state index >= 15 is 0 Å². The summed E-state index contributed by atoms with van der Waals surface area (Å²) in [5.74, 6) is 0. The van der Waals surface area contributed by atoms with Crippen molar-refractivity contribution < 1.29 is 41.1 Å². The topological polar surface area (TPSA) is 0 Å². The van der Waals surface area contributed by atoms with E-state index in [2.05, 4.69) is 0 Å². The van der Waals surface area contributed by atoms with Gasteiger partial charge in [-0.05, 0) is 0 Å². The van der Waals surface area contributed by atoms with Gasteiger partial charge in [-0.2, -0.15) is 0 Å². The van der Waals surface area contributed by atoms with Crippen molar-refractivity contribution in [1.29, 1.82) is 0 Å². The standard InChI is InChI=1S/Ag.BF4/c;2-1(3,4)5/q;-1/p+1. The van der Waals surface area contributed by atoms with E-state index in [0.717, 1.165) is 0 Å². The third-order valence-electron chi connectivity index (χ3n) is 0. The molecule has 0 aromatic rings. The van der Waals surface area contributed by atoms with Crippen molar-refractivity contribution in [3.05, 3.63) is 0 Å². The normalized spacial score (nSPS) is 10.0. The molecule has 0 atom stereocenters. The summed E-state index contributed by atoms with van der Waals surface area (Å²) in [5, 5.41) is 0. The Hall–Kier alpha value is 0.525. The molecular weight excluding hydrogens is 195 g/mol. The molecule has 0 nitrogen and oxygen atoms in total. The largest absolute Gasteiger partial charge is 1.00 e. The molecule has 0 aliphatic carbocycles. The molecule has 0 amide bonds. The molecule has 0 bridgehead atoms. The summed E-state index contributed by atoms with van der Waals surface area (Å²) >= 11 is 0. The van der Waals surface area contributed by atoms with Crippen LogP contribution < -0.4 is 0 Å². The van der Waals surface area contributed by atoms with Crippen molar-refractivity contribution in [3.63, 3.8) is 0 Å². The third-order valence-corrected chi connectivity index (χ3v) is 0. The molecule has 0 aromatic heterocycles. The smallest absolute Gasteiger partial charge is 0.418 e. The van der Waals surface area contributed by atoms with Crippen LogP contribution in [0.4, 0.5) is 17.3 Å². The average molecular weight is 196 g/mol. The molecule has 6 heavy (non-hydrogen) atoms. The van der Waals surface area contributed by atoms with Gasteiger partial charge in [-0.3, -0.25) is 0 Å². The molecule has 0 fully saturated rings. The van der Waals surface area contributed by atoms with Crippen LogP contribution in [0.5, 0.6) is 0 Å². The monoisotopic (exact) mass is 195 g/mol. The van der Waals surface area contributed by atoms with Crippen LogP contribution in [-0.2, 0) is 22.4 Å². The van der Waals surface area contributed by atoms with Crippen molar-refractivity contribution in [1.82, 2.24) is 0 Å². The van der Waals surface area contributed by atoms with Gasteiger partial charge in [0.05, 0.1) is 0 Å². The van der Waals surface area contributed by atoms with Crippen molar-refractivity contribution in [2.24, 2.45) is 0 Å². The summed E-state index contributed by atoms with van der Waals surface area (Å²) in [7, 11) is -6.00. The zero-order chi connectivity index (χ0) is 4.50. The second-order valence-electron chi connectivity index (χ2n) is 0.495. The zero-order valence-corrected chi connectivity index (χ0v) is 3.87. The molecule has 0 aliphatic heterocycles. The van der Waals surface area contributed by atoms with Gasteiger partial charge in [0.2, 0.25) is 0 Å². The Bertz CT molecular complexity index is 27.2. The quantitative estimate of drug-likeness (QED) is 0.405. The van der Waals surface area contributed by atoms with Crippen LogP contribution in [-0.4, -0.2) is 7.25 Å². The third kappa shape index (κ3) is 204. The Labute approximate surface area is 49.0 Å². The first-order valence-corrected chi connectivity index (χ1v) is 0.873. The number of halogens is 4. The van der Waals surface area contributed by atoms with E-state index in [1.807, 2.05) is 0 Å². The van der Waals surface area contributed by atoms with E-state index in [9.17, 15) is 17.3 Å². The van der Waals surface area contributed by atoms with Gasteiger partial charge in [-0.15, -0.1) is 0 Å². The van der Waals surface area contributed by atoms with Crippen LogP contribution in [0, 0.1) is 0 Å². The molecule has 1 radical (unpaired) electrons. The van der Waals surface area contributed by atoms with E-state index < -0.39 is 7.25 Å². The predicted octanol–water partition coefficient (Wildman–Crippen LogP) is 1.41. The van der Waals surface area contributed by atoms with E-state index in [1.165, 1.54) is 0 Å². The van der Waals surface area contributed by atoms with Gasteiger partial charge in [0.15, 0.2) is 0 Å². The SMILES string of the molecule is F[B-](F)(F)F.[Ag].[H+]. The van der Waals surface area contributed by atoms with Gasteiger partial charge in [0, 0.05) is 22.4 Å². The Morgan fingerprint density at radius 3 is 1.00 bits per heavy atom. The van der Waals surface area contributed by atoms with Crippen molar-refractivity contribution in [2.75, 3.05) is 0 Å². The molecule has 0 aliphatic rings. The van der Waals surface area contributed by atoms with Gasteiger partial charge in [-0.25, -0.2) is 0 Å². The van der Waals surface area contributed by atoms with Crippen molar-refractivity contribution in [3.8, 4) is 0 Å². The molecule has 0 saturated heterocycles. The molecule has 0 unspecified atom stereocenters. The summed E-state index contributed by atoms with van der Waals surface area (Å²) < 4.78 is 39.0. The molecule has 0 aromatic carbocycles. The van der Waals surface area contributed by atoms with Crippen LogP contribution in [0.1, 0.15) is 1.43 Å². The zero-order valence-electron chi connectivity index (χ0n) is 3.39. The van der Waals surface area contributed by atoms with Gasteiger partial charge in [0.1, 0.15) is 0 Å².